The highest BCUT2D eigenvalue weighted by molar-refractivity contribution is 7.92. The summed E-state index contributed by atoms with van der Waals surface area (Å²) in [4.78, 5) is 28.5. The number of aryl methyl sites for hydroxylation is 1. The fourth-order valence-electron chi connectivity index (χ4n) is 4.29. The molecule has 3 rings (SSSR count). The molecule has 2 amide bonds. The van der Waals surface area contributed by atoms with Gasteiger partial charge in [0.2, 0.25) is 11.8 Å². The summed E-state index contributed by atoms with van der Waals surface area (Å²) in [6.07, 6.45) is 0.302. The molecule has 0 aliphatic heterocycles. The van der Waals surface area contributed by atoms with Gasteiger partial charge in [-0.15, -0.1) is 0 Å². The standard InChI is InChI=1S/C30H35Cl2N3O5S/c1-5-28(30(37)33-6-2)34(19-22-10-11-23(31)18-27(22)32)29(36)20-35(24-12-14-25(15-13-24)40-7-3)41(38,39)26-16-8-21(4)9-17-26/h8-18,28H,5-7,19-20H2,1-4H3,(H,33,37). The van der Waals surface area contributed by atoms with Crippen LogP contribution in [0.25, 0.3) is 0 Å². The van der Waals surface area contributed by atoms with E-state index >= 15 is 0 Å². The summed E-state index contributed by atoms with van der Waals surface area (Å²) in [6, 6.07) is 16.9. The van der Waals surface area contributed by atoms with E-state index in [0.29, 0.717) is 40.9 Å². The van der Waals surface area contributed by atoms with Gasteiger partial charge in [-0.2, -0.15) is 0 Å². The van der Waals surface area contributed by atoms with Gasteiger partial charge in [0.05, 0.1) is 17.2 Å². The zero-order chi connectivity index (χ0) is 30.2. The molecule has 0 radical (unpaired) electrons. The van der Waals surface area contributed by atoms with Gasteiger partial charge in [-0.1, -0.05) is 53.9 Å². The van der Waals surface area contributed by atoms with E-state index in [1.165, 1.54) is 17.0 Å². The largest absolute Gasteiger partial charge is 0.494 e. The Bertz CT molecular complexity index is 1450. The summed E-state index contributed by atoms with van der Waals surface area (Å²) in [5.41, 5.74) is 1.74. The highest BCUT2D eigenvalue weighted by Crippen LogP contribution is 2.28. The van der Waals surface area contributed by atoms with Crippen molar-refractivity contribution in [1.29, 1.82) is 0 Å². The smallest absolute Gasteiger partial charge is 0.264 e. The third-order valence-electron chi connectivity index (χ3n) is 6.42. The molecule has 0 saturated heterocycles. The number of nitrogens with zero attached hydrogens (tertiary/aromatic N) is 2. The molecule has 11 heteroatoms. The molecule has 3 aromatic carbocycles. The number of carbonyl (C=O) groups is 2. The molecule has 41 heavy (non-hydrogen) atoms. The van der Waals surface area contributed by atoms with Crippen LogP contribution in [0.2, 0.25) is 10.0 Å². The molecule has 1 unspecified atom stereocenters. The summed E-state index contributed by atoms with van der Waals surface area (Å²) >= 11 is 12.5. The molecule has 0 spiro atoms. The first-order valence-electron chi connectivity index (χ1n) is 13.3. The zero-order valence-corrected chi connectivity index (χ0v) is 25.9. The van der Waals surface area contributed by atoms with Crippen LogP contribution in [-0.4, -0.2) is 50.9 Å². The van der Waals surface area contributed by atoms with Crippen molar-refractivity contribution >= 4 is 50.7 Å². The fourth-order valence-corrected chi connectivity index (χ4v) is 6.17. The van der Waals surface area contributed by atoms with Gasteiger partial charge >= 0.3 is 0 Å². The van der Waals surface area contributed by atoms with Crippen molar-refractivity contribution in [3.05, 3.63) is 87.9 Å². The second-order valence-corrected chi connectivity index (χ2v) is 12.0. The molecule has 1 atom stereocenters. The van der Waals surface area contributed by atoms with Crippen molar-refractivity contribution in [2.75, 3.05) is 24.0 Å². The molecule has 220 valence electrons. The monoisotopic (exact) mass is 619 g/mol. The Labute approximate surface area is 252 Å². The van der Waals surface area contributed by atoms with Crippen LogP contribution >= 0.6 is 23.2 Å². The van der Waals surface area contributed by atoms with Crippen molar-refractivity contribution in [2.45, 2.75) is 51.6 Å². The van der Waals surface area contributed by atoms with E-state index in [0.717, 1.165) is 9.87 Å². The number of carbonyl (C=O) groups excluding carboxylic acids is 2. The summed E-state index contributed by atoms with van der Waals surface area (Å²) < 4.78 is 34.5. The summed E-state index contributed by atoms with van der Waals surface area (Å²) in [5.74, 6) is -0.349. The first-order valence-corrected chi connectivity index (χ1v) is 15.5. The average Bonchev–Trinajstić information content (AvgIpc) is 2.93. The van der Waals surface area contributed by atoms with E-state index in [1.807, 2.05) is 13.8 Å². The Kier molecular flexibility index (Phi) is 11.5. The number of sulfonamides is 1. The molecule has 0 fully saturated rings. The normalized spacial score (nSPS) is 12.0. The SMILES string of the molecule is CCNC(=O)C(CC)N(Cc1ccc(Cl)cc1Cl)C(=O)CN(c1ccc(OCC)cc1)S(=O)(=O)c1ccc(C)cc1. The Balaban J connectivity index is 2.08. The lowest BCUT2D eigenvalue weighted by atomic mass is 10.1. The number of anilines is 1. The second-order valence-electron chi connectivity index (χ2n) is 9.33. The third-order valence-corrected chi connectivity index (χ3v) is 8.79. The van der Waals surface area contributed by atoms with Gasteiger partial charge < -0.3 is 15.0 Å². The van der Waals surface area contributed by atoms with Crippen LogP contribution in [0.5, 0.6) is 5.75 Å². The number of hydrogen-bond donors (Lipinski definition) is 1. The number of amides is 2. The number of ether oxygens (including phenoxy) is 1. The van der Waals surface area contributed by atoms with Crippen LogP contribution in [0.4, 0.5) is 5.69 Å². The van der Waals surface area contributed by atoms with E-state index in [1.54, 1.807) is 68.4 Å². The quantitative estimate of drug-likeness (QED) is 0.259. The minimum Gasteiger partial charge on any atom is -0.494 e. The van der Waals surface area contributed by atoms with Gasteiger partial charge in [0.25, 0.3) is 10.0 Å². The van der Waals surface area contributed by atoms with Crippen LogP contribution < -0.4 is 14.4 Å². The molecule has 3 aromatic rings. The number of nitrogens with one attached hydrogen (secondary N) is 1. The minimum absolute atomic E-state index is 0.0217. The van der Waals surface area contributed by atoms with Gasteiger partial charge in [-0.3, -0.25) is 13.9 Å². The number of halogens is 2. The lowest BCUT2D eigenvalue weighted by Gasteiger charge is -2.33. The maximum absolute atomic E-state index is 14.1. The van der Waals surface area contributed by atoms with Crippen LogP contribution in [0.1, 0.15) is 38.3 Å². The Morgan fingerprint density at radius 1 is 0.951 bits per heavy atom. The minimum atomic E-state index is -4.17. The summed E-state index contributed by atoms with van der Waals surface area (Å²) in [7, 11) is -4.17. The van der Waals surface area contributed by atoms with Crippen LogP contribution in [0, 0.1) is 6.92 Å². The molecule has 0 heterocycles. The van der Waals surface area contributed by atoms with Crippen molar-refractivity contribution in [3.63, 3.8) is 0 Å². The van der Waals surface area contributed by atoms with Crippen LogP contribution in [0.3, 0.4) is 0 Å². The van der Waals surface area contributed by atoms with Crippen molar-refractivity contribution in [3.8, 4) is 5.75 Å². The predicted molar refractivity (Wildman–Crippen MR) is 163 cm³/mol. The molecule has 1 N–H and O–H groups in total. The third kappa shape index (κ3) is 8.15. The van der Waals surface area contributed by atoms with Crippen LogP contribution in [0.15, 0.2) is 71.6 Å². The van der Waals surface area contributed by atoms with E-state index in [4.69, 9.17) is 27.9 Å². The lowest BCUT2D eigenvalue weighted by molar-refractivity contribution is -0.140. The number of likely N-dealkylation sites (N-methyl/N-ethyl adjacent to an activating group) is 1. The summed E-state index contributed by atoms with van der Waals surface area (Å²) in [5, 5.41) is 3.53. The number of benzene rings is 3. The van der Waals surface area contributed by atoms with Gasteiger partial charge in [0.1, 0.15) is 18.3 Å². The Morgan fingerprint density at radius 2 is 1.61 bits per heavy atom. The fraction of sp³-hybridized carbons (Fsp3) is 0.333. The Morgan fingerprint density at radius 3 is 2.17 bits per heavy atom. The zero-order valence-electron chi connectivity index (χ0n) is 23.6. The first-order chi connectivity index (χ1) is 19.5. The van der Waals surface area contributed by atoms with E-state index in [2.05, 4.69) is 5.32 Å². The van der Waals surface area contributed by atoms with Crippen molar-refractivity contribution < 1.29 is 22.7 Å². The molecule has 0 aromatic heterocycles. The summed E-state index contributed by atoms with van der Waals surface area (Å²) in [6.45, 7) is 7.53. The molecule has 0 saturated carbocycles. The number of hydrogen-bond acceptors (Lipinski definition) is 5. The van der Waals surface area contributed by atoms with E-state index < -0.39 is 28.5 Å². The van der Waals surface area contributed by atoms with E-state index in [9.17, 15) is 18.0 Å². The van der Waals surface area contributed by atoms with Gasteiger partial charge in [-0.05, 0) is 81.3 Å². The maximum Gasteiger partial charge on any atom is 0.264 e. The molecule has 0 aliphatic rings. The average molecular weight is 621 g/mol. The highest BCUT2D eigenvalue weighted by atomic mass is 35.5. The molecule has 0 bridgehead atoms. The van der Waals surface area contributed by atoms with E-state index in [-0.39, 0.29) is 23.0 Å². The second kappa shape index (κ2) is 14.6. The molecule has 8 nitrogen and oxygen atoms in total. The lowest BCUT2D eigenvalue weighted by Crippen LogP contribution is -2.52. The molecular formula is C30H35Cl2N3O5S. The van der Waals surface area contributed by atoms with Crippen molar-refractivity contribution in [1.82, 2.24) is 10.2 Å². The molecule has 0 aliphatic carbocycles. The topological polar surface area (TPSA) is 96.0 Å². The Hall–Kier alpha value is -3.27. The van der Waals surface area contributed by atoms with Crippen LogP contribution in [-0.2, 0) is 26.2 Å². The van der Waals surface area contributed by atoms with Crippen molar-refractivity contribution in [2.24, 2.45) is 0 Å². The maximum atomic E-state index is 14.1. The first kappa shape index (κ1) is 32.2. The predicted octanol–water partition coefficient (Wildman–Crippen LogP) is 5.84. The number of rotatable bonds is 13. The van der Waals surface area contributed by atoms with Gasteiger partial charge in [0.15, 0.2) is 0 Å². The van der Waals surface area contributed by atoms with Gasteiger partial charge in [0, 0.05) is 23.1 Å². The molecular weight excluding hydrogens is 585 g/mol. The highest BCUT2D eigenvalue weighted by Gasteiger charge is 2.34. The van der Waals surface area contributed by atoms with Gasteiger partial charge in [-0.25, -0.2) is 8.42 Å².